The van der Waals surface area contributed by atoms with Gasteiger partial charge in [0.15, 0.2) is 0 Å². The number of carbonyl (C=O) groups is 1. The number of fused-ring (bicyclic) bond motifs is 2. The average molecular weight is 249 g/mol. The van der Waals surface area contributed by atoms with Gasteiger partial charge in [0.1, 0.15) is 5.56 Å². The first-order valence-electron chi connectivity index (χ1n) is 6.25. The lowest BCUT2D eigenvalue weighted by Gasteiger charge is -2.29. The lowest BCUT2D eigenvalue weighted by Crippen LogP contribution is -2.34. The maximum Gasteiger partial charge on any atom is 0.341 e. The van der Waals surface area contributed by atoms with Gasteiger partial charge >= 0.3 is 5.97 Å². The molecule has 5 nitrogen and oxygen atoms in total. The number of carboxylic acid groups (broad SMARTS) is 1. The van der Waals surface area contributed by atoms with Gasteiger partial charge in [-0.15, -0.1) is 0 Å². The van der Waals surface area contributed by atoms with E-state index < -0.39 is 11.5 Å². The van der Waals surface area contributed by atoms with E-state index in [1.54, 1.807) is 16.8 Å². The van der Waals surface area contributed by atoms with E-state index in [2.05, 4.69) is 0 Å². The Kier molecular flexibility index (Phi) is 2.70. The molecule has 2 aliphatic rings. The molecule has 1 aromatic rings. The van der Waals surface area contributed by atoms with Gasteiger partial charge in [0.2, 0.25) is 0 Å². The minimum absolute atomic E-state index is 0.0723. The number of hydrogen-bond acceptors (Lipinski definition) is 3. The average Bonchev–Trinajstić information content (AvgIpc) is 2.68. The summed E-state index contributed by atoms with van der Waals surface area (Å²) in [5, 5.41) is 8.97. The van der Waals surface area contributed by atoms with E-state index in [4.69, 9.17) is 9.84 Å². The van der Waals surface area contributed by atoms with Crippen molar-refractivity contribution in [1.82, 2.24) is 4.57 Å². The van der Waals surface area contributed by atoms with Crippen molar-refractivity contribution in [3.05, 3.63) is 34.2 Å². The number of nitrogens with zero attached hydrogens (tertiary/aromatic N) is 1. The largest absolute Gasteiger partial charge is 0.477 e. The predicted octanol–water partition coefficient (Wildman–Crippen LogP) is 1.43. The van der Waals surface area contributed by atoms with E-state index in [0.717, 1.165) is 25.7 Å². The molecule has 0 radical (unpaired) electrons. The molecule has 2 saturated heterocycles. The lowest BCUT2D eigenvalue weighted by atomic mass is 10.0. The minimum atomic E-state index is -1.16. The highest BCUT2D eigenvalue weighted by molar-refractivity contribution is 5.86. The molecule has 2 unspecified atom stereocenters. The maximum atomic E-state index is 12.1. The Morgan fingerprint density at radius 3 is 2.61 bits per heavy atom. The van der Waals surface area contributed by atoms with Crippen molar-refractivity contribution in [2.24, 2.45) is 0 Å². The van der Waals surface area contributed by atoms with Gasteiger partial charge in [0.25, 0.3) is 5.56 Å². The van der Waals surface area contributed by atoms with E-state index in [1.807, 2.05) is 0 Å². The van der Waals surface area contributed by atoms with Gasteiger partial charge in [-0.1, -0.05) is 0 Å². The summed E-state index contributed by atoms with van der Waals surface area (Å²) in [6, 6.07) is 3.06. The fourth-order valence-corrected chi connectivity index (χ4v) is 3.02. The Hall–Kier alpha value is -1.62. The third kappa shape index (κ3) is 1.84. The molecule has 96 valence electrons. The van der Waals surface area contributed by atoms with Crippen LogP contribution >= 0.6 is 0 Å². The molecule has 0 amide bonds. The zero-order valence-electron chi connectivity index (χ0n) is 9.91. The summed E-state index contributed by atoms with van der Waals surface area (Å²) >= 11 is 0. The van der Waals surface area contributed by atoms with Crippen LogP contribution in [0.15, 0.2) is 23.1 Å². The van der Waals surface area contributed by atoms with Crippen molar-refractivity contribution in [3.8, 4) is 0 Å². The Morgan fingerprint density at radius 1 is 1.33 bits per heavy atom. The second-order valence-electron chi connectivity index (χ2n) is 5.02. The molecule has 0 saturated carbocycles. The zero-order valence-corrected chi connectivity index (χ0v) is 9.91. The molecular weight excluding hydrogens is 234 g/mol. The topological polar surface area (TPSA) is 68.5 Å². The minimum Gasteiger partial charge on any atom is -0.477 e. The predicted molar refractivity (Wildman–Crippen MR) is 63.8 cm³/mol. The smallest absolute Gasteiger partial charge is 0.341 e. The van der Waals surface area contributed by atoms with Crippen LogP contribution in [0.2, 0.25) is 0 Å². The molecule has 18 heavy (non-hydrogen) atoms. The molecule has 2 aliphatic heterocycles. The van der Waals surface area contributed by atoms with Crippen LogP contribution in [0.4, 0.5) is 0 Å². The highest BCUT2D eigenvalue weighted by Gasteiger charge is 2.36. The normalized spacial score (nSPS) is 30.3. The number of aromatic carboxylic acids is 1. The van der Waals surface area contributed by atoms with E-state index in [-0.39, 0.29) is 23.8 Å². The van der Waals surface area contributed by atoms with Crippen LogP contribution in [0, 0.1) is 0 Å². The Bertz CT molecular complexity index is 524. The number of rotatable bonds is 2. The van der Waals surface area contributed by atoms with Crippen molar-refractivity contribution in [1.29, 1.82) is 0 Å². The van der Waals surface area contributed by atoms with Crippen LogP contribution in [0.3, 0.4) is 0 Å². The second kappa shape index (κ2) is 4.24. The van der Waals surface area contributed by atoms with Crippen LogP contribution in [-0.2, 0) is 4.74 Å². The summed E-state index contributed by atoms with van der Waals surface area (Å²) in [6.07, 6.45) is 5.86. The monoisotopic (exact) mass is 249 g/mol. The Morgan fingerprint density at radius 2 is 2.00 bits per heavy atom. The van der Waals surface area contributed by atoms with Crippen molar-refractivity contribution in [2.75, 3.05) is 0 Å². The molecule has 1 aromatic heterocycles. The zero-order chi connectivity index (χ0) is 12.7. The van der Waals surface area contributed by atoms with Crippen LogP contribution in [0.1, 0.15) is 42.1 Å². The van der Waals surface area contributed by atoms with Crippen LogP contribution in [0.5, 0.6) is 0 Å². The van der Waals surface area contributed by atoms with Gasteiger partial charge < -0.3 is 14.4 Å². The van der Waals surface area contributed by atoms with E-state index in [1.165, 1.54) is 6.07 Å². The molecule has 3 heterocycles. The van der Waals surface area contributed by atoms with E-state index in [0.29, 0.717) is 0 Å². The third-order valence-electron chi connectivity index (χ3n) is 3.86. The summed E-state index contributed by atoms with van der Waals surface area (Å²) in [5.41, 5.74) is -0.562. The lowest BCUT2D eigenvalue weighted by molar-refractivity contribution is -0.0165. The first kappa shape index (κ1) is 11.5. The molecule has 2 fully saturated rings. The summed E-state index contributed by atoms with van der Waals surface area (Å²) in [4.78, 5) is 23.0. The van der Waals surface area contributed by atoms with Gasteiger partial charge in [0, 0.05) is 12.2 Å². The van der Waals surface area contributed by atoms with Crippen molar-refractivity contribution < 1.29 is 14.6 Å². The number of carboxylic acids is 1. The Balaban J connectivity index is 1.95. The molecule has 5 heteroatoms. The van der Waals surface area contributed by atoms with Crippen molar-refractivity contribution in [2.45, 2.75) is 43.9 Å². The maximum absolute atomic E-state index is 12.1. The first-order chi connectivity index (χ1) is 8.65. The molecule has 0 spiro atoms. The highest BCUT2D eigenvalue weighted by Crippen LogP contribution is 2.37. The number of aromatic nitrogens is 1. The number of hydrogen-bond donors (Lipinski definition) is 1. The van der Waals surface area contributed by atoms with Gasteiger partial charge in [-0.05, 0) is 37.8 Å². The quantitative estimate of drug-likeness (QED) is 0.860. The second-order valence-corrected chi connectivity index (χ2v) is 5.02. The molecule has 3 rings (SSSR count). The summed E-state index contributed by atoms with van der Waals surface area (Å²) < 4.78 is 7.30. The summed E-state index contributed by atoms with van der Waals surface area (Å²) in [6.45, 7) is 0. The summed E-state index contributed by atoms with van der Waals surface area (Å²) in [5.74, 6) is -1.16. The van der Waals surface area contributed by atoms with Crippen LogP contribution in [0.25, 0.3) is 0 Å². The van der Waals surface area contributed by atoms with Gasteiger partial charge in [-0.25, -0.2) is 4.79 Å². The molecule has 2 bridgehead atoms. The molecular formula is C13H15NO4. The van der Waals surface area contributed by atoms with E-state index in [9.17, 15) is 9.59 Å². The SMILES string of the molecule is O=C(O)c1cccn(C2CC3CCC(C2)O3)c1=O. The summed E-state index contributed by atoms with van der Waals surface area (Å²) in [7, 11) is 0. The van der Waals surface area contributed by atoms with Gasteiger partial charge in [0.05, 0.1) is 12.2 Å². The van der Waals surface area contributed by atoms with Crippen molar-refractivity contribution in [3.63, 3.8) is 0 Å². The molecule has 2 atom stereocenters. The number of pyridine rings is 1. The third-order valence-corrected chi connectivity index (χ3v) is 3.86. The molecule has 0 aliphatic carbocycles. The first-order valence-corrected chi connectivity index (χ1v) is 6.25. The fourth-order valence-electron chi connectivity index (χ4n) is 3.02. The Labute approximate surface area is 104 Å². The van der Waals surface area contributed by atoms with E-state index >= 15 is 0 Å². The van der Waals surface area contributed by atoms with Gasteiger partial charge in [-0.3, -0.25) is 4.79 Å². The van der Waals surface area contributed by atoms with Crippen LogP contribution in [-0.4, -0.2) is 27.9 Å². The molecule has 0 aromatic carbocycles. The highest BCUT2D eigenvalue weighted by atomic mass is 16.5. The van der Waals surface area contributed by atoms with Crippen molar-refractivity contribution >= 4 is 5.97 Å². The fraction of sp³-hybridized carbons (Fsp3) is 0.538. The molecule has 1 N–H and O–H groups in total. The van der Waals surface area contributed by atoms with Crippen LogP contribution < -0.4 is 5.56 Å². The van der Waals surface area contributed by atoms with Gasteiger partial charge in [-0.2, -0.15) is 0 Å². The standard InChI is InChI=1S/C13H15NO4/c15-12-11(13(16)17)2-1-5-14(12)8-6-9-3-4-10(7-8)18-9/h1-2,5,8-10H,3-4,6-7H2,(H,16,17). The number of ether oxygens (including phenoxy) is 1.